The van der Waals surface area contributed by atoms with Crippen molar-refractivity contribution >= 4 is 71.7 Å². The molecule has 3 nitrogen and oxygen atoms in total. The lowest BCUT2D eigenvalue weighted by Gasteiger charge is -2.28. The van der Waals surface area contributed by atoms with Crippen LogP contribution >= 0.6 is 54.5 Å². The van der Waals surface area contributed by atoms with Crippen molar-refractivity contribution in [1.29, 1.82) is 0 Å². The maximum atomic E-state index is 12.6. The largest absolute Gasteiger partial charge is 0.372 e. The molecule has 1 N–H and O–H groups in total. The zero-order chi connectivity index (χ0) is 17.1. The third-order valence-electron chi connectivity index (χ3n) is 4.08. The van der Waals surface area contributed by atoms with E-state index in [0.29, 0.717) is 5.56 Å². The first-order chi connectivity index (χ1) is 11.5. The van der Waals surface area contributed by atoms with Crippen molar-refractivity contribution < 1.29 is 4.79 Å². The maximum Gasteiger partial charge on any atom is 0.256 e. The molecule has 0 aliphatic carbocycles. The van der Waals surface area contributed by atoms with Crippen LogP contribution < -0.4 is 10.2 Å². The van der Waals surface area contributed by atoms with Gasteiger partial charge in [0, 0.05) is 37.0 Å². The molecule has 6 heteroatoms. The van der Waals surface area contributed by atoms with Gasteiger partial charge in [-0.05, 0) is 94.2 Å². The van der Waals surface area contributed by atoms with Crippen molar-refractivity contribution in [2.75, 3.05) is 23.3 Å². The first-order valence-electron chi connectivity index (χ1n) is 7.85. The molecule has 0 spiro atoms. The average molecular weight is 564 g/mol. The van der Waals surface area contributed by atoms with E-state index in [1.807, 2.05) is 24.3 Å². The highest BCUT2D eigenvalue weighted by atomic mass is 127. The fourth-order valence-corrected chi connectivity index (χ4v) is 4.61. The minimum atomic E-state index is -0.105. The van der Waals surface area contributed by atoms with Crippen LogP contribution in [0, 0.1) is 3.57 Å². The summed E-state index contributed by atoms with van der Waals surface area (Å²) < 4.78 is 2.68. The second-order valence-electron chi connectivity index (χ2n) is 5.80. The van der Waals surface area contributed by atoms with Crippen LogP contribution in [0.15, 0.2) is 45.3 Å². The highest BCUT2D eigenvalue weighted by molar-refractivity contribution is 14.1. The SMILES string of the molecule is O=C(Nc1ccc(N2CCCCC2)cc1)c1cc(Br)cc(Br)c1I. The van der Waals surface area contributed by atoms with Crippen molar-refractivity contribution in [2.45, 2.75) is 19.3 Å². The Kier molecular flexibility index (Phi) is 6.21. The van der Waals surface area contributed by atoms with Crippen molar-refractivity contribution in [3.63, 3.8) is 0 Å². The predicted octanol–water partition coefficient (Wildman–Crippen LogP) is 6.06. The number of anilines is 2. The van der Waals surface area contributed by atoms with E-state index in [-0.39, 0.29) is 5.91 Å². The minimum Gasteiger partial charge on any atom is -0.372 e. The first-order valence-corrected chi connectivity index (χ1v) is 10.5. The molecule has 0 radical (unpaired) electrons. The summed E-state index contributed by atoms with van der Waals surface area (Å²) in [5.41, 5.74) is 2.69. The van der Waals surface area contributed by atoms with E-state index in [0.717, 1.165) is 31.3 Å². The molecule has 2 aromatic carbocycles. The van der Waals surface area contributed by atoms with Gasteiger partial charge in [-0.3, -0.25) is 4.79 Å². The van der Waals surface area contributed by atoms with Crippen LogP contribution in [0.3, 0.4) is 0 Å². The summed E-state index contributed by atoms with van der Waals surface area (Å²) in [6.07, 6.45) is 3.84. The van der Waals surface area contributed by atoms with Crippen LogP contribution in [0.4, 0.5) is 11.4 Å². The smallest absolute Gasteiger partial charge is 0.256 e. The van der Waals surface area contributed by atoms with E-state index >= 15 is 0 Å². The van der Waals surface area contributed by atoms with Gasteiger partial charge in [-0.15, -0.1) is 0 Å². The number of hydrogen-bond donors (Lipinski definition) is 1. The highest BCUT2D eigenvalue weighted by Gasteiger charge is 2.15. The number of benzene rings is 2. The molecule has 24 heavy (non-hydrogen) atoms. The summed E-state index contributed by atoms with van der Waals surface area (Å²) in [4.78, 5) is 15.0. The Hall–Kier alpha value is -0.600. The van der Waals surface area contributed by atoms with Crippen LogP contribution in [-0.2, 0) is 0 Å². The van der Waals surface area contributed by atoms with Crippen molar-refractivity contribution in [1.82, 2.24) is 0 Å². The molecular weight excluding hydrogens is 547 g/mol. The van der Waals surface area contributed by atoms with Crippen LogP contribution in [0.25, 0.3) is 0 Å². The molecule has 1 aliphatic heterocycles. The Labute approximate surface area is 172 Å². The lowest BCUT2D eigenvalue weighted by atomic mass is 10.1. The number of carbonyl (C=O) groups excluding carboxylic acids is 1. The molecule has 3 rings (SSSR count). The van der Waals surface area contributed by atoms with Crippen molar-refractivity contribution in [3.8, 4) is 0 Å². The van der Waals surface area contributed by atoms with Gasteiger partial charge in [0.25, 0.3) is 5.91 Å². The van der Waals surface area contributed by atoms with Gasteiger partial charge in [0.15, 0.2) is 0 Å². The lowest BCUT2D eigenvalue weighted by molar-refractivity contribution is 0.102. The molecule has 0 aromatic heterocycles. The number of hydrogen-bond acceptors (Lipinski definition) is 2. The second-order valence-corrected chi connectivity index (χ2v) is 8.65. The molecule has 1 saturated heterocycles. The number of carbonyl (C=O) groups is 1. The van der Waals surface area contributed by atoms with Crippen LogP contribution in [0.5, 0.6) is 0 Å². The fraction of sp³-hybridized carbons (Fsp3) is 0.278. The summed E-state index contributed by atoms with van der Waals surface area (Å²) in [7, 11) is 0. The number of rotatable bonds is 3. The van der Waals surface area contributed by atoms with Gasteiger partial charge in [-0.2, -0.15) is 0 Å². The van der Waals surface area contributed by atoms with Crippen molar-refractivity contribution in [3.05, 3.63) is 54.5 Å². The summed E-state index contributed by atoms with van der Waals surface area (Å²) in [5, 5.41) is 2.98. The van der Waals surface area contributed by atoms with E-state index in [1.165, 1.54) is 24.9 Å². The van der Waals surface area contributed by atoms with Crippen LogP contribution in [0.1, 0.15) is 29.6 Å². The molecule has 2 aromatic rings. The van der Waals surface area contributed by atoms with E-state index < -0.39 is 0 Å². The topological polar surface area (TPSA) is 32.3 Å². The monoisotopic (exact) mass is 562 g/mol. The van der Waals surface area contributed by atoms with Gasteiger partial charge in [-0.1, -0.05) is 15.9 Å². The van der Waals surface area contributed by atoms with E-state index in [1.54, 1.807) is 0 Å². The van der Waals surface area contributed by atoms with Crippen molar-refractivity contribution in [2.24, 2.45) is 0 Å². The fourth-order valence-electron chi connectivity index (χ4n) is 2.83. The van der Waals surface area contributed by atoms with Gasteiger partial charge >= 0.3 is 0 Å². The third-order valence-corrected chi connectivity index (χ3v) is 7.07. The number of nitrogens with one attached hydrogen (secondary N) is 1. The summed E-state index contributed by atoms with van der Waals surface area (Å²) >= 11 is 9.10. The second kappa shape index (κ2) is 8.19. The molecule has 0 saturated carbocycles. The molecule has 1 aliphatic rings. The number of halogens is 3. The van der Waals surface area contributed by atoms with Gasteiger partial charge in [0.05, 0.1) is 5.56 Å². The van der Waals surface area contributed by atoms with E-state index in [9.17, 15) is 4.79 Å². The lowest BCUT2D eigenvalue weighted by Crippen LogP contribution is -2.29. The number of piperidine rings is 1. The molecule has 1 amide bonds. The van der Waals surface area contributed by atoms with Crippen LogP contribution in [-0.4, -0.2) is 19.0 Å². The average Bonchev–Trinajstić information content (AvgIpc) is 2.59. The standard InChI is InChI=1S/C18H17Br2IN2O/c19-12-10-15(17(21)16(20)11-12)18(24)22-13-4-6-14(7-5-13)23-8-2-1-3-9-23/h4-7,10-11H,1-3,8-9H2,(H,22,24). The van der Waals surface area contributed by atoms with Gasteiger partial charge in [-0.25, -0.2) is 0 Å². The number of nitrogens with zero attached hydrogens (tertiary/aromatic N) is 1. The molecule has 126 valence electrons. The number of amides is 1. The Bertz CT molecular complexity index is 743. The maximum absolute atomic E-state index is 12.6. The quantitative estimate of drug-likeness (QED) is 0.364. The van der Waals surface area contributed by atoms with E-state index in [2.05, 4.69) is 76.8 Å². The first kappa shape index (κ1) is 18.2. The summed E-state index contributed by atoms with van der Waals surface area (Å²) in [6.45, 7) is 2.24. The van der Waals surface area contributed by atoms with Gasteiger partial charge < -0.3 is 10.2 Å². The molecular formula is C18H17Br2IN2O. The third kappa shape index (κ3) is 4.32. The van der Waals surface area contributed by atoms with Gasteiger partial charge in [0.2, 0.25) is 0 Å². The normalized spacial score (nSPS) is 14.5. The Morgan fingerprint density at radius 1 is 1.04 bits per heavy atom. The highest BCUT2D eigenvalue weighted by Crippen LogP contribution is 2.28. The summed E-state index contributed by atoms with van der Waals surface area (Å²) in [5.74, 6) is -0.105. The minimum absolute atomic E-state index is 0.105. The van der Waals surface area contributed by atoms with Gasteiger partial charge in [0.1, 0.15) is 0 Å². The Morgan fingerprint density at radius 3 is 2.38 bits per heavy atom. The molecule has 0 bridgehead atoms. The predicted molar refractivity (Wildman–Crippen MR) is 115 cm³/mol. The van der Waals surface area contributed by atoms with Crippen LogP contribution in [0.2, 0.25) is 0 Å². The molecule has 1 heterocycles. The molecule has 0 unspecified atom stereocenters. The zero-order valence-electron chi connectivity index (χ0n) is 13.0. The zero-order valence-corrected chi connectivity index (χ0v) is 18.3. The molecule has 1 fully saturated rings. The summed E-state index contributed by atoms with van der Waals surface area (Å²) in [6, 6.07) is 11.9. The Morgan fingerprint density at radius 2 is 1.71 bits per heavy atom. The Balaban J connectivity index is 1.73. The molecule has 0 atom stereocenters. The van der Waals surface area contributed by atoms with E-state index in [4.69, 9.17) is 0 Å².